The molecule has 0 aromatic carbocycles. The topological polar surface area (TPSA) is 64.1 Å². The third-order valence-electron chi connectivity index (χ3n) is 5.44. The monoisotopic (exact) mass is 345 g/mol. The molecule has 4 rings (SSSR count). The first-order valence-electron chi connectivity index (χ1n) is 8.84. The third kappa shape index (κ3) is 2.82. The fourth-order valence-electron chi connectivity index (χ4n) is 4.11. The molecule has 2 aromatic rings. The second-order valence-electron chi connectivity index (χ2n) is 6.82. The maximum atomic E-state index is 11.0. The van der Waals surface area contributed by atoms with Crippen LogP contribution in [0.3, 0.4) is 0 Å². The van der Waals surface area contributed by atoms with Crippen molar-refractivity contribution in [2.24, 2.45) is 0 Å². The minimum absolute atomic E-state index is 0.231. The number of carbonyl (C=O) groups is 1. The van der Waals surface area contributed by atoms with E-state index in [2.05, 4.69) is 15.3 Å². The Hall–Kier alpha value is -1.53. The van der Waals surface area contributed by atoms with Gasteiger partial charge in [-0.2, -0.15) is 0 Å². The van der Waals surface area contributed by atoms with Crippen molar-refractivity contribution < 1.29 is 9.53 Å². The SMILES string of the molecule is CN[C@H]1CC[C@H](Oc2ncnc3sc4c(c23)[C@@H](CC=O)CC4)CC1. The van der Waals surface area contributed by atoms with Crippen molar-refractivity contribution in [1.29, 1.82) is 0 Å². The van der Waals surface area contributed by atoms with Gasteiger partial charge in [-0.1, -0.05) is 0 Å². The van der Waals surface area contributed by atoms with Gasteiger partial charge in [-0.15, -0.1) is 11.3 Å². The molecule has 2 aromatic heterocycles. The molecule has 0 amide bonds. The lowest BCUT2D eigenvalue weighted by Crippen LogP contribution is -2.34. The van der Waals surface area contributed by atoms with Gasteiger partial charge in [0.1, 0.15) is 23.5 Å². The zero-order valence-electron chi connectivity index (χ0n) is 14.0. The molecule has 0 aliphatic heterocycles. The Balaban J connectivity index is 1.63. The van der Waals surface area contributed by atoms with Crippen LogP contribution in [0, 0.1) is 0 Å². The Morgan fingerprint density at radius 2 is 2.12 bits per heavy atom. The van der Waals surface area contributed by atoms with Gasteiger partial charge in [0.05, 0.1) is 5.39 Å². The van der Waals surface area contributed by atoms with E-state index in [1.165, 1.54) is 10.4 Å². The summed E-state index contributed by atoms with van der Waals surface area (Å²) >= 11 is 1.74. The minimum atomic E-state index is 0.231. The molecule has 128 valence electrons. The number of carbonyl (C=O) groups excluding carboxylic acids is 1. The molecule has 0 unspecified atom stereocenters. The number of hydrogen-bond acceptors (Lipinski definition) is 6. The Bertz CT molecular complexity index is 737. The van der Waals surface area contributed by atoms with E-state index in [0.29, 0.717) is 18.4 Å². The van der Waals surface area contributed by atoms with E-state index in [0.717, 1.165) is 60.9 Å². The Morgan fingerprint density at radius 3 is 2.88 bits per heavy atom. The van der Waals surface area contributed by atoms with Gasteiger partial charge < -0.3 is 14.8 Å². The maximum absolute atomic E-state index is 11.0. The van der Waals surface area contributed by atoms with Crippen molar-refractivity contribution in [3.63, 3.8) is 0 Å². The van der Waals surface area contributed by atoms with Crippen molar-refractivity contribution in [2.75, 3.05) is 7.05 Å². The fraction of sp³-hybridized carbons (Fsp3) is 0.611. The van der Waals surface area contributed by atoms with Gasteiger partial charge in [-0.25, -0.2) is 9.97 Å². The zero-order chi connectivity index (χ0) is 16.5. The number of aldehydes is 1. The van der Waals surface area contributed by atoms with Crippen LogP contribution in [0.5, 0.6) is 5.88 Å². The summed E-state index contributed by atoms with van der Waals surface area (Å²) in [5.74, 6) is 1.03. The molecule has 1 saturated carbocycles. The molecule has 24 heavy (non-hydrogen) atoms. The molecule has 2 aliphatic carbocycles. The van der Waals surface area contributed by atoms with Crippen molar-refractivity contribution in [1.82, 2.24) is 15.3 Å². The van der Waals surface area contributed by atoms with Crippen molar-refractivity contribution in [3.8, 4) is 5.88 Å². The smallest absolute Gasteiger partial charge is 0.225 e. The molecule has 1 N–H and O–H groups in total. The highest BCUT2D eigenvalue weighted by Crippen LogP contribution is 2.47. The number of fused-ring (bicyclic) bond motifs is 3. The Morgan fingerprint density at radius 1 is 1.29 bits per heavy atom. The lowest BCUT2D eigenvalue weighted by molar-refractivity contribution is -0.108. The van der Waals surface area contributed by atoms with Crippen LogP contribution in [0.15, 0.2) is 6.33 Å². The predicted molar refractivity (Wildman–Crippen MR) is 94.9 cm³/mol. The summed E-state index contributed by atoms with van der Waals surface area (Å²) in [6, 6.07) is 0.609. The van der Waals surface area contributed by atoms with Crippen LogP contribution in [0.1, 0.15) is 54.9 Å². The van der Waals surface area contributed by atoms with E-state index in [9.17, 15) is 4.79 Å². The van der Waals surface area contributed by atoms with Crippen LogP contribution < -0.4 is 10.1 Å². The summed E-state index contributed by atoms with van der Waals surface area (Å²) < 4.78 is 6.31. The number of rotatable bonds is 5. The molecule has 0 saturated heterocycles. The lowest BCUT2D eigenvalue weighted by Gasteiger charge is -2.28. The highest BCUT2D eigenvalue weighted by Gasteiger charge is 2.31. The summed E-state index contributed by atoms with van der Waals surface area (Å²) in [6.07, 6.45) is 9.95. The molecule has 0 spiro atoms. The average molecular weight is 345 g/mol. The van der Waals surface area contributed by atoms with Gasteiger partial charge in [0.2, 0.25) is 5.88 Å². The van der Waals surface area contributed by atoms with Crippen molar-refractivity contribution >= 4 is 27.8 Å². The van der Waals surface area contributed by atoms with Gasteiger partial charge in [0.15, 0.2) is 0 Å². The van der Waals surface area contributed by atoms with Crippen LogP contribution in [-0.2, 0) is 11.2 Å². The van der Waals surface area contributed by atoms with E-state index in [4.69, 9.17) is 4.74 Å². The average Bonchev–Trinajstić information content (AvgIpc) is 3.16. The molecular weight excluding hydrogens is 322 g/mol. The van der Waals surface area contributed by atoms with Gasteiger partial charge in [-0.3, -0.25) is 0 Å². The maximum Gasteiger partial charge on any atom is 0.225 e. The molecule has 2 aliphatic rings. The van der Waals surface area contributed by atoms with Crippen LogP contribution >= 0.6 is 11.3 Å². The number of thiophene rings is 1. The summed E-state index contributed by atoms with van der Waals surface area (Å²) in [6.45, 7) is 0. The largest absolute Gasteiger partial charge is 0.474 e. The standard InChI is InChI=1S/C18H23N3O2S/c1-19-12-3-5-13(6-4-12)23-17-16-15-11(8-9-22)2-7-14(15)24-18(16)21-10-20-17/h9-13,19H,2-8H2,1H3/t11-,12-,13-/m1/s1. The number of ether oxygens (including phenoxy) is 1. The van der Waals surface area contributed by atoms with Crippen molar-refractivity contribution in [3.05, 3.63) is 16.8 Å². The van der Waals surface area contributed by atoms with E-state index < -0.39 is 0 Å². The van der Waals surface area contributed by atoms with Gasteiger partial charge >= 0.3 is 0 Å². The van der Waals surface area contributed by atoms with E-state index >= 15 is 0 Å². The number of nitrogens with one attached hydrogen (secondary N) is 1. The number of aromatic nitrogens is 2. The molecular formula is C18H23N3O2S. The summed E-state index contributed by atoms with van der Waals surface area (Å²) in [4.78, 5) is 22.3. The third-order valence-corrected chi connectivity index (χ3v) is 6.61. The van der Waals surface area contributed by atoms with Gasteiger partial charge in [0, 0.05) is 17.3 Å². The first-order valence-corrected chi connectivity index (χ1v) is 9.65. The minimum Gasteiger partial charge on any atom is -0.474 e. The molecule has 5 nitrogen and oxygen atoms in total. The molecule has 0 bridgehead atoms. The molecule has 0 radical (unpaired) electrons. The fourth-order valence-corrected chi connectivity index (χ4v) is 5.34. The molecule has 1 fully saturated rings. The van der Waals surface area contributed by atoms with E-state index in [1.54, 1.807) is 17.7 Å². The summed E-state index contributed by atoms with van der Waals surface area (Å²) in [7, 11) is 2.03. The lowest BCUT2D eigenvalue weighted by atomic mass is 9.93. The first kappa shape index (κ1) is 16.0. The highest BCUT2D eigenvalue weighted by atomic mass is 32.1. The molecule has 6 heteroatoms. The quantitative estimate of drug-likeness (QED) is 0.843. The van der Waals surface area contributed by atoms with Gasteiger partial charge in [0.25, 0.3) is 0 Å². The van der Waals surface area contributed by atoms with Crippen LogP contribution in [-0.4, -0.2) is 35.4 Å². The Kier molecular flexibility index (Phi) is 4.50. The van der Waals surface area contributed by atoms with E-state index in [-0.39, 0.29) is 6.10 Å². The molecule has 1 atom stereocenters. The normalized spacial score (nSPS) is 26.5. The number of aryl methyl sites for hydroxylation is 1. The number of hydrogen-bond donors (Lipinski definition) is 1. The van der Waals surface area contributed by atoms with Crippen molar-refractivity contribution in [2.45, 2.75) is 63.0 Å². The van der Waals surface area contributed by atoms with Crippen LogP contribution in [0.2, 0.25) is 0 Å². The van der Waals surface area contributed by atoms with Crippen LogP contribution in [0.25, 0.3) is 10.2 Å². The second-order valence-corrected chi connectivity index (χ2v) is 7.90. The summed E-state index contributed by atoms with van der Waals surface area (Å²) in [5.41, 5.74) is 1.28. The summed E-state index contributed by atoms with van der Waals surface area (Å²) in [5, 5.41) is 4.42. The van der Waals surface area contributed by atoms with E-state index in [1.807, 2.05) is 7.05 Å². The predicted octanol–water partition coefficient (Wildman–Crippen LogP) is 3.22. The Labute approximate surface area is 145 Å². The van der Waals surface area contributed by atoms with Gasteiger partial charge in [-0.05, 0) is 57.1 Å². The highest BCUT2D eigenvalue weighted by molar-refractivity contribution is 7.19. The zero-order valence-corrected chi connectivity index (χ0v) is 14.8. The van der Waals surface area contributed by atoms with Crippen LogP contribution in [0.4, 0.5) is 0 Å². The second kappa shape index (κ2) is 6.76. The number of nitrogens with zero attached hydrogens (tertiary/aromatic N) is 2. The molecule has 2 heterocycles. The first-order chi connectivity index (χ1) is 11.8.